The SMILES string of the molecule is CCNOc1ccccc1Cc1ccccc1. The van der Waals surface area contributed by atoms with Gasteiger partial charge >= 0.3 is 0 Å². The Bertz CT molecular complexity index is 453. The molecule has 88 valence electrons. The summed E-state index contributed by atoms with van der Waals surface area (Å²) in [5.74, 6) is 0.901. The average Bonchev–Trinajstić information content (AvgIpc) is 2.39. The standard InChI is InChI=1S/C15H17NO/c1-2-16-17-15-11-7-6-10-14(15)12-13-8-4-3-5-9-13/h3-11,16H,2,12H2,1H3. The van der Waals surface area contributed by atoms with Crippen LogP contribution in [0.5, 0.6) is 5.75 Å². The minimum atomic E-state index is 0.791. The summed E-state index contributed by atoms with van der Waals surface area (Å²) in [5.41, 5.74) is 5.38. The molecule has 0 aliphatic rings. The van der Waals surface area contributed by atoms with E-state index in [0.717, 1.165) is 18.7 Å². The Labute approximate surface area is 102 Å². The first-order valence-electron chi connectivity index (χ1n) is 5.91. The molecule has 0 radical (unpaired) electrons. The van der Waals surface area contributed by atoms with Crippen LogP contribution in [0, 0.1) is 0 Å². The van der Waals surface area contributed by atoms with Crippen LogP contribution in [-0.2, 0) is 6.42 Å². The largest absolute Gasteiger partial charge is 0.408 e. The zero-order valence-corrected chi connectivity index (χ0v) is 10.0. The van der Waals surface area contributed by atoms with Crippen molar-refractivity contribution in [1.29, 1.82) is 0 Å². The molecule has 0 aliphatic carbocycles. The van der Waals surface area contributed by atoms with Crippen molar-refractivity contribution >= 4 is 0 Å². The van der Waals surface area contributed by atoms with Gasteiger partial charge in [0.15, 0.2) is 5.75 Å². The Morgan fingerprint density at radius 2 is 1.65 bits per heavy atom. The van der Waals surface area contributed by atoms with Crippen LogP contribution < -0.4 is 10.3 Å². The Morgan fingerprint density at radius 1 is 0.941 bits per heavy atom. The average molecular weight is 227 g/mol. The van der Waals surface area contributed by atoms with Gasteiger partial charge in [0, 0.05) is 18.5 Å². The molecule has 0 spiro atoms. The van der Waals surface area contributed by atoms with E-state index in [0.29, 0.717) is 0 Å². The first-order valence-corrected chi connectivity index (χ1v) is 5.91. The lowest BCUT2D eigenvalue weighted by molar-refractivity contribution is 0.200. The first-order chi connectivity index (χ1) is 8.40. The van der Waals surface area contributed by atoms with E-state index in [1.54, 1.807) is 0 Å². The second-order valence-corrected chi connectivity index (χ2v) is 3.87. The van der Waals surface area contributed by atoms with Gasteiger partial charge in [-0.1, -0.05) is 48.5 Å². The molecule has 0 fully saturated rings. The van der Waals surface area contributed by atoms with Crippen molar-refractivity contribution in [3.05, 3.63) is 65.7 Å². The fraction of sp³-hybridized carbons (Fsp3) is 0.200. The van der Waals surface area contributed by atoms with Crippen LogP contribution >= 0.6 is 0 Å². The summed E-state index contributed by atoms with van der Waals surface area (Å²) in [6, 6.07) is 18.5. The lowest BCUT2D eigenvalue weighted by Gasteiger charge is -2.10. The van der Waals surface area contributed by atoms with Gasteiger partial charge in [0.25, 0.3) is 0 Å². The van der Waals surface area contributed by atoms with E-state index in [2.05, 4.69) is 35.8 Å². The molecule has 0 atom stereocenters. The number of hydrogen-bond donors (Lipinski definition) is 1. The quantitative estimate of drug-likeness (QED) is 0.792. The van der Waals surface area contributed by atoms with Crippen LogP contribution in [0.1, 0.15) is 18.1 Å². The second kappa shape index (κ2) is 6.06. The number of nitrogens with one attached hydrogen (secondary N) is 1. The third-order valence-corrected chi connectivity index (χ3v) is 2.54. The maximum absolute atomic E-state index is 5.51. The van der Waals surface area contributed by atoms with Crippen molar-refractivity contribution in [2.75, 3.05) is 6.54 Å². The van der Waals surface area contributed by atoms with Gasteiger partial charge in [-0.15, -0.1) is 0 Å². The van der Waals surface area contributed by atoms with Gasteiger partial charge in [-0.2, -0.15) is 5.48 Å². The highest BCUT2D eigenvalue weighted by Crippen LogP contribution is 2.20. The van der Waals surface area contributed by atoms with E-state index < -0.39 is 0 Å². The highest BCUT2D eigenvalue weighted by molar-refractivity contribution is 5.37. The number of benzene rings is 2. The Balaban J connectivity index is 2.15. The van der Waals surface area contributed by atoms with Gasteiger partial charge in [-0.05, 0) is 18.6 Å². The molecule has 0 saturated heterocycles. The van der Waals surface area contributed by atoms with Gasteiger partial charge in [0.2, 0.25) is 0 Å². The summed E-state index contributed by atoms with van der Waals surface area (Å²) in [6.07, 6.45) is 0.891. The Kier molecular flexibility index (Phi) is 4.17. The molecule has 0 unspecified atom stereocenters. The third kappa shape index (κ3) is 3.33. The first kappa shape index (κ1) is 11.7. The van der Waals surface area contributed by atoms with Crippen LogP contribution in [0.2, 0.25) is 0 Å². The maximum atomic E-state index is 5.51. The number of para-hydroxylation sites is 1. The molecular formula is C15H17NO. The van der Waals surface area contributed by atoms with Crippen LogP contribution in [-0.4, -0.2) is 6.54 Å². The van der Waals surface area contributed by atoms with Crippen molar-refractivity contribution in [2.45, 2.75) is 13.3 Å². The molecule has 2 heteroatoms. The Hall–Kier alpha value is -1.80. The van der Waals surface area contributed by atoms with Crippen molar-refractivity contribution in [3.63, 3.8) is 0 Å². The number of rotatable bonds is 5. The van der Waals surface area contributed by atoms with E-state index in [1.165, 1.54) is 11.1 Å². The number of hydroxylamine groups is 1. The van der Waals surface area contributed by atoms with E-state index in [-0.39, 0.29) is 0 Å². The molecule has 2 aromatic carbocycles. The second-order valence-electron chi connectivity index (χ2n) is 3.87. The van der Waals surface area contributed by atoms with E-state index in [4.69, 9.17) is 4.84 Å². The predicted molar refractivity (Wildman–Crippen MR) is 70.0 cm³/mol. The molecule has 0 bridgehead atoms. The van der Waals surface area contributed by atoms with Crippen molar-refractivity contribution in [3.8, 4) is 5.75 Å². The van der Waals surface area contributed by atoms with Crippen LogP contribution in [0.25, 0.3) is 0 Å². The smallest absolute Gasteiger partial charge is 0.150 e. The summed E-state index contributed by atoms with van der Waals surface area (Å²) in [6.45, 7) is 2.81. The minimum Gasteiger partial charge on any atom is -0.408 e. The van der Waals surface area contributed by atoms with Crippen molar-refractivity contribution in [1.82, 2.24) is 5.48 Å². The molecule has 2 aromatic rings. The molecule has 0 aromatic heterocycles. The molecular weight excluding hydrogens is 210 g/mol. The van der Waals surface area contributed by atoms with Gasteiger partial charge in [0.1, 0.15) is 0 Å². The van der Waals surface area contributed by atoms with Gasteiger partial charge in [0.05, 0.1) is 0 Å². The normalized spacial score (nSPS) is 10.2. The zero-order valence-electron chi connectivity index (χ0n) is 10.0. The molecule has 0 aliphatic heterocycles. The van der Waals surface area contributed by atoms with Crippen molar-refractivity contribution in [2.24, 2.45) is 0 Å². The van der Waals surface area contributed by atoms with Crippen LogP contribution in [0.3, 0.4) is 0 Å². The highest BCUT2D eigenvalue weighted by Gasteiger charge is 2.03. The van der Waals surface area contributed by atoms with Gasteiger partial charge < -0.3 is 4.84 Å². The summed E-state index contributed by atoms with van der Waals surface area (Å²) < 4.78 is 0. The molecule has 1 N–H and O–H groups in total. The summed E-state index contributed by atoms with van der Waals surface area (Å²) in [4.78, 5) is 5.51. The highest BCUT2D eigenvalue weighted by atomic mass is 16.6. The molecule has 17 heavy (non-hydrogen) atoms. The fourth-order valence-corrected chi connectivity index (χ4v) is 1.72. The summed E-state index contributed by atoms with van der Waals surface area (Å²) >= 11 is 0. The predicted octanol–water partition coefficient (Wildman–Crippen LogP) is 3.18. The molecule has 0 heterocycles. The summed E-state index contributed by atoms with van der Waals surface area (Å²) in [7, 11) is 0. The topological polar surface area (TPSA) is 21.3 Å². The minimum absolute atomic E-state index is 0.791. The van der Waals surface area contributed by atoms with Crippen molar-refractivity contribution < 1.29 is 4.84 Å². The Morgan fingerprint density at radius 3 is 2.41 bits per heavy atom. The van der Waals surface area contributed by atoms with Gasteiger partial charge in [-0.25, -0.2) is 0 Å². The summed E-state index contributed by atoms with van der Waals surface area (Å²) in [5, 5.41) is 0. The van der Waals surface area contributed by atoms with E-state index in [9.17, 15) is 0 Å². The van der Waals surface area contributed by atoms with E-state index in [1.807, 2.05) is 31.2 Å². The molecule has 2 rings (SSSR count). The van der Waals surface area contributed by atoms with Crippen LogP contribution in [0.4, 0.5) is 0 Å². The van der Waals surface area contributed by atoms with Gasteiger partial charge in [-0.3, -0.25) is 0 Å². The van der Waals surface area contributed by atoms with Crippen LogP contribution in [0.15, 0.2) is 54.6 Å². The monoisotopic (exact) mass is 227 g/mol. The molecule has 2 nitrogen and oxygen atoms in total. The maximum Gasteiger partial charge on any atom is 0.150 e. The third-order valence-electron chi connectivity index (χ3n) is 2.54. The lowest BCUT2D eigenvalue weighted by atomic mass is 10.0. The molecule has 0 saturated carbocycles. The zero-order chi connectivity index (χ0) is 11.9. The fourth-order valence-electron chi connectivity index (χ4n) is 1.72. The van der Waals surface area contributed by atoms with E-state index >= 15 is 0 Å². The molecule has 0 amide bonds. The lowest BCUT2D eigenvalue weighted by Crippen LogP contribution is -2.18. The number of hydrogen-bond acceptors (Lipinski definition) is 2.